The Morgan fingerprint density at radius 3 is 2.14 bits per heavy atom. The lowest BCUT2D eigenvalue weighted by Crippen LogP contribution is -2.51. The fourth-order valence-electron chi connectivity index (χ4n) is 4.32. The van der Waals surface area contributed by atoms with Gasteiger partial charge in [-0.1, -0.05) is 50.3 Å². The summed E-state index contributed by atoms with van der Waals surface area (Å²) < 4.78 is 0. The highest BCUT2D eigenvalue weighted by Crippen LogP contribution is 2.27. The van der Waals surface area contributed by atoms with Crippen molar-refractivity contribution in [2.75, 3.05) is 26.2 Å². The van der Waals surface area contributed by atoms with E-state index in [1.807, 2.05) is 4.90 Å². The van der Waals surface area contributed by atoms with Crippen molar-refractivity contribution in [3.05, 3.63) is 35.4 Å². The molecule has 0 radical (unpaired) electrons. The number of carbonyl (C=O) groups is 3. The zero-order chi connectivity index (χ0) is 19.9. The molecule has 2 fully saturated rings. The molecular weight excluding hydrogens is 356 g/mol. The summed E-state index contributed by atoms with van der Waals surface area (Å²) in [7, 11) is 0. The molecule has 2 aliphatic rings. The molecule has 0 aromatic heterocycles. The lowest BCUT2D eigenvalue weighted by Gasteiger charge is -2.35. The first-order valence-corrected chi connectivity index (χ1v) is 10.4. The quantitative estimate of drug-likeness (QED) is 0.815. The number of carboxylic acids is 1. The van der Waals surface area contributed by atoms with Gasteiger partial charge in [0.25, 0.3) is 0 Å². The van der Waals surface area contributed by atoms with Gasteiger partial charge in [-0.05, 0) is 24.0 Å². The molecule has 0 unspecified atom stereocenters. The van der Waals surface area contributed by atoms with E-state index in [1.54, 1.807) is 23.1 Å². The van der Waals surface area contributed by atoms with Gasteiger partial charge in [-0.3, -0.25) is 9.59 Å². The Bertz CT molecular complexity index is 704. The number of carboxylic acid groups (broad SMARTS) is 1. The van der Waals surface area contributed by atoms with Gasteiger partial charge in [0.05, 0.1) is 12.0 Å². The Hall–Kier alpha value is -2.37. The van der Waals surface area contributed by atoms with Crippen LogP contribution in [0.2, 0.25) is 0 Å². The maximum Gasteiger partial charge on any atom is 0.335 e. The molecule has 1 saturated heterocycles. The van der Waals surface area contributed by atoms with Crippen molar-refractivity contribution in [3.8, 4) is 0 Å². The van der Waals surface area contributed by atoms with Gasteiger partial charge in [-0.15, -0.1) is 0 Å². The molecule has 1 aliphatic heterocycles. The van der Waals surface area contributed by atoms with Crippen molar-refractivity contribution in [2.24, 2.45) is 5.92 Å². The van der Waals surface area contributed by atoms with Crippen LogP contribution in [0.1, 0.15) is 60.9 Å². The number of piperazine rings is 1. The van der Waals surface area contributed by atoms with Crippen LogP contribution in [0, 0.1) is 5.92 Å². The van der Waals surface area contributed by atoms with Gasteiger partial charge in [0.15, 0.2) is 0 Å². The van der Waals surface area contributed by atoms with Gasteiger partial charge in [-0.2, -0.15) is 0 Å². The first-order chi connectivity index (χ1) is 13.5. The first kappa shape index (κ1) is 20.4. The van der Waals surface area contributed by atoms with Crippen molar-refractivity contribution >= 4 is 17.8 Å². The van der Waals surface area contributed by atoms with Crippen LogP contribution in [-0.2, 0) is 16.0 Å². The highest BCUT2D eigenvalue weighted by atomic mass is 16.4. The number of aromatic carboxylic acids is 1. The molecule has 0 spiro atoms. The minimum absolute atomic E-state index is 0.0806. The summed E-state index contributed by atoms with van der Waals surface area (Å²) in [4.78, 5) is 40.0. The zero-order valence-electron chi connectivity index (χ0n) is 16.4. The van der Waals surface area contributed by atoms with E-state index < -0.39 is 5.97 Å². The molecule has 0 atom stereocenters. The second-order valence-electron chi connectivity index (χ2n) is 7.94. The molecule has 1 saturated carbocycles. The topological polar surface area (TPSA) is 77.9 Å². The average molecular weight is 386 g/mol. The van der Waals surface area contributed by atoms with Crippen molar-refractivity contribution in [2.45, 2.75) is 51.4 Å². The Balaban J connectivity index is 1.45. The van der Waals surface area contributed by atoms with E-state index in [4.69, 9.17) is 0 Å². The number of amides is 2. The maximum absolute atomic E-state index is 12.6. The van der Waals surface area contributed by atoms with Crippen molar-refractivity contribution < 1.29 is 19.5 Å². The Morgan fingerprint density at radius 1 is 0.893 bits per heavy atom. The number of benzene rings is 1. The predicted molar refractivity (Wildman–Crippen MR) is 106 cm³/mol. The van der Waals surface area contributed by atoms with Gasteiger partial charge in [0.2, 0.25) is 11.8 Å². The van der Waals surface area contributed by atoms with Gasteiger partial charge >= 0.3 is 5.97 Å². The molecule has 6 nitrogen and oxygen atoms in total. The van der Waals surface area contributed by atoms with Crippen molar-refractivity contribution in [3.63, 3.8) is 0 Å². The molecule has 3 rings (SSSR count). The van der Waals surface area contributed by atoms with E-state index in [0.29, 0.717) is 44.1 Å². The van der Waals surface area contributed by atoms with Gasteiger partial charge in [-0.25, -0.2) is 4.79 Å². The van der Waals surface area contributed by atoms with Gasteiger partial charge < -0.3 is 14.9 Å². The Morgan fingerprint density at radius 2 is 1.50 bits per heavy atom. The highest BCUT2D eigenvalue weighted by molar-refractivity contribution is 5.91. The van der Waals surface area contributed by atoms with E-state index >= 15 is 0 Å². The largest absolute Gasteiger partial charge is 0.478 e. The summed E-state index contributed by atoms with van der Waals surface area (Å²) in [6.45, 7) is 2.16. The molecule has 1 aromatic rings. The van der Waals surface area contributed by atoms with Crippen molar-refractivity contribution in [1.82, 2.24) is 9.80 Å². The monoisotopic (exact) mass is 386 g/mol. The normalized spacial score (nSPS) is 18.1. The van der Waals surface area contributed by atoms with E-state index in [0.717, 1.165) is 6.42 Å². The summed E-state index contributed by atoms with van der Waals surface area (Å²) in [6, 6.07) is 6.62. The van der Waals surface area contributed by atoms with E-state index in [2.05, 4.69) is 0 Å². The second-order valence-corrected chi connectivity index (χ2v) is 7.94. The fraction of sp³-hybridized carbons (Fsp3) is 0.591. The molecule has 1 aliphatic carbocycles. The minimum Gasteiger partial charge on any atom is -0.478 e. The third-order valence-electron chi connectivity index (χ3n) is 6.07. The predicted octanol–water partition coefficient (Wildman–Crippen LogP) is 2.96. The van der Waals surface area contributed by atoms with Crippen LogP contribution in [0.15, 0.2) is 24.3 Å². The summed E-state index contributed by atoms with van der Waals surface area (Å²) in [5, 5.41) is 9.26. The average Bonchev–Trinajstić information content (AvgIpc) is 2.73. The summed E-state index contributed by atoms with van der Waals surface area (Å²) >= 11 is 0. The van der Waals surface area contributed by atoms with Gasteiger partial charge in [0, 0.05) is 32.6 Å². The lowest BCUT2D eigenvalue weighted by molar-refractivity contribution is -0.139. The molecule has 152 valence electrons. The van der Waals surface area contributed by atoms with E-state index in [-0.39, 0.29) is 23.8 Å². The van der Waals surface area contributed by atoms with Crippen LogP contribution in [0.3, 0.4) is 0 Å². The number of nitrogens with zero attached hydrogens (tertiary/aromatic N) is 2. The van der Waals surface area contributed by atoms with E-state index in [9.17, 15) is 19.5 Å². The molecule has 6 heteroatoms. The summed E-state index contributed by atoms with van der Waals surface area (Å²) in [5.74, 6) is -0.191. The minimum atomic E-state index is -1.02. The Labute approximate surface area is 166 Å². The van der Waals surface area contributed by atoms with Crippen LogP contribution in [-0.4, -0.2) is 58.9 Å². The highest BCUT2D eigenvalue weighted by Gasteiger charge is 2.25. The van der Waals surface area contributed by atoms with Crippen LogP contribution in [0.4, 0.5) is 0 Å². The number of carbonyl (C=O) groups excluding carboxylic acids is 2. The fourth-order valence-corrected chi connectivity index (χ4v) is 4.32. The van der Waals surface area contributed by atoms with Gasteiger partial charge in [0.1, 0.15) is 0 Å². The Kier molecular flexibility index (Phi) is 7.06. The number of hydrogen-bond donors (Lipinski definition) is 1. The molecule has 1 N–H and O–H groups in total. The standard InChI is InChI=1S/C22H30N2O4/c25-20(11-10-17-6-2-1-3-7-17)23-12-14-24(15-13-23)21(26)16-18-8-4-5-9-19(18)22(27)28/h4-5,8-9,17H,1-3,6-7,10-16H2,(H,27,28). The smallest absolute Gasteiger partial charge is 0.335 e. The molecule has 1 aromatic carbocycles. The first-order valence-electron chi connectivity index (χ1n) is 10.4. The van der Waals surface area contributed by atoms with Crippen LogP contribution >= 0.6 is 0 Å². The summed E-state index contributed by atoms with van der Waals surface area (Å²) in [5.41, 5.74) is 0.707. The molecule has 0 bridgehead atoms. The third-order valence-corrected chi connectivity index (χ3v) is 6.07. The maximum atomic E-state index is 12.6. The van der Waals surface area contributed by atoms with Crippen molar-refractivity contribution in [1.29, 1.82) is 0 Å². The SMILES string of the molecule is O=C(O)c1ccccc1CC(=O)N1CCN(C(=O)CCC2CCCCC2)CC1. The van der Waals surface area contributed by atoms with Crippen LogP contribution in [0.5, 0.6) is 0 Å². The molecule has 28 heavy (non-hydrogen) atoms. The van der Waals surface area contributed by atoms with Crippen LogP contribution in [0.25, 0.3) is 0 Å². The third kappa shape index (κ3) is 5.33. The molecule has 2 amide bonds. The second kappa shape index (κ2) is 9.71. The molecular formula is C22H30N2O4. The van der Waals surface area contributed by atoms with E-state index in [1.165, 1.54) is 38.2 Å². The van der Waals surface area contributed by atoms with Crippen LogP contribution < -0.4 is 0 Å². The summed E-state index contributed by atoms with van der Waals surface area (Å²) in [6.07, 6.45) is 8.13. The number of rotatable bonds is 6. The molecule has 1 heterocycles. The number of hydrogen-bond acceptors (Lipinski definition) is 3. The zero-order valence-corrected chi connectivity index (χ0v) is 16.4. The lowest BCUT2D eigenvalue weighted by atomic mass is 9.86.